The predicted octanol–water partition coefficient (Wildman–Crippen LogP) is 0.936. The van der Waals surface area contributed by atoms with Crippen LogP contribution < -0.4 is 0 Å². The van der Waals surface area contributed by atoms with Crippen molar-refractivity contribution in [2.24, 2.45) is 0 Å². The van der Waals surface area contributed by atoms with Crippen LogP contribution in [0.2, 0.25) is 0 Å². The molecule has 2 fully saturated rings. The van der Waals surface area contributed by atoms with E-state index in [0.29, 0.717) is 6.04 Å². The summed E-state index contributed by atoms with van der Waals surface area (Å²) in [6.07, 6.45) is 6.05. The molecule has 1 aromatic heterocycles. The molecule has 4 heteroatoms. The second-order valence-corrected chi connectivity index (χ2v) is 4.51. The number of hydrogen-bond donors (Lipinski definition) is 1. The molecular formula is C12H16N2O2. The minimum absolute atomic E-state index is 0.0154. The Bertz CT molecular complexity index is 353. The van der Waals surface area contributed by atoms with Gasteiger partial charge in [0.1, 0.15) is 6.23 Å². The highest BCUT2D eigenvalue weighted by Gasteiger charge is 2.42. The summed E-state index contributed by atoms with van der Waals surface area (Å²) in [5.74, 6) is 0. The van der Waals surface area contributed by atoms with E-state index in [9.17, 15) is 5.11 Å². The molecule has 0 bridgehead atoms. The first-order valence-corrected chi connectivity index (χ1v) is 5.80. The van der Waals surface area contributed by atoms with Gasteiger partial charge in [0.25, 0.3) is 0 Å². The Hall–Kier alpha value is -0.970. The molecule has 0 amide bonds. The fourth-order valence-electron chi connectivity index (χ4n) is 2.27. The SMILES string of the molecule is OCC1CN(C2CC2)C(c2cccnc2)O1. The number of aliphatic hydroxyl groups excluding tert-OH is 1. The van der Waals surface area contributed by atoms with E-state index >= 15 is 0 Å². The van der Waals surface area contributed by atoms with Crippen molar-refractivity contribution in [1.82, 2.24) is 9.88 Å². The zero-order valence-electron chi connectivity index (χ0n) is 9.12. The van der Waals surface area contributed by atoms with Gasteiger partial charge in [0, 0.05) is 30.5 Å². The topological polar surface area (TPSA) is 45.6 Å². The van der Waals surface area contributed by atoms with Gasteiger partial charge in [0.2, 0.25) is 0 Å². The lowest BCUT2D eigenvalue weighted by atomic mass is 10.2. The number of pyridine rings is 1. The number of aliphatic hydroxyl groups is 1. The van der Waals surface area contributed by atoms with Crippen LogP contribution >= 0.6 is 0 Å². The fourth-order valence-corrected chi connectivity index (χ4v) is 2.27. The van der Waals surface area contributed by atoms with Gasteiger partial charge < -0.3 is 9.84 Å². The molecule has 2 unspecified atom stereocenters. The van der Waals surface area contributed by atoms with E-state index in [1.807, 2.05) is 18.3 Å². The van der Waals surface area contributed by atoms with Gasteiger partial charge in [-0.2, -0.15) is 0 Å². The van der Waals surface area contributed by atoms with E-state index in [4.69, 9.17) is 4.74 Å². The molecule has 1 saturated carbocycles. The van der Waals surface area contributed by atoms with Gasteiger partial charge in [-0.1, -0.05) is 6.07 Å². The average Bonchev–Trinajstić information content (AvgIpc) is 3.10. The van der Waals surface area contributed by atoms with Gasteiger partial charge in [0.05, 0.1) is 12.7 Å². The summed E-state index contributed by atoms with van der Waals surface area (Å²) in [4.78, 5) is 6.47. The van der Waals surface area contributed by atoms with E-state index in [2.05, 4.69) is 9.88 Å². The average molecular weight is 220 g/mol. The van der Waals surface area contributed by atoms with Crippen molar-refractivity contribution in [2.75, 3.05) is 13.2 Å². The van der Waals surface area contributed by atoms with Crippen LogP contribution in [0.1, 0.15) is 24.6 Å². The number of hydrogen-bond acceptors (Lipinski definition) is 4. The lowest BCUT2D eigenvalue weighted by Crippen LogP contribution is -2.27. The fraction of sp³-hybridized carbons (Fsp3) is 0.583. The molecule has 3 rings (SSSR count). The van der Waals surface area contributed by atoms with Crippen LogP contribution in [-0.2, 0) is 4.74 Å². The number of nitrogens with zero attached hydrogens (tertiary/aromatic N) is 2. The third-order valence-corrected chi connectivity index (χ3v) is 3.23. The van der Waals surface area contributed by atoms with Crippen molar-refractivity contribution in [1.29, 1.82) is 0 Å². The Balaban J connectivity index is 1.81. The van der Waals surface area contributed by atoms with Crippen molar-refractivity contribution in [2.45, 2.75) is 31.2 Å². The summed E-state index contributed by atoms with van der Waals surface area (Å²) in [5.41, 5.74) is 1.09. The Kier molecular flexibility index (Phi) is 2.63. The third-order valence-electron chi connectivity index (χ3n) is 3.23. The van der Waals surface area contributed by atoms with Crippen LogP contribution in [0.4, 0.5) is 0 Å². The van der Waals surface area contributed by atoms with E-state index in [1.165, 1.54) is 12.8 Å². The van der Waals surface area contributed by atoms with Crippen LogP contribution in [0.15, 0.2) is 24.5 Å². The largest absolute Gasteiger partial charge is 0.394 e. The predicted molar refractivity (Wildman–Crippen MR) is 58.7 cm³/mol. The maximum Gasteiger partial charge on any atom is 0.139 e. The van der Waals surface area contributed by atoms with Crippen LogP contribution in [0.25, 0.3) is 0 Å². The van der Waals surface area contributed by atoms with E-state index in [1.54, 1.807) is 6.20 Å². The maximum atomic E-state index is 9.18. The monoisotopic (exact) mass is 220 g/mol. The van der Waals surface area contributed by atoms with Gasteiger partial charge in [0.15, 0.2) is 0 Å². The van der Waals surface area contributed by atoms with E-state index in [0.717, 1.165) is 12.1 Å². The Morgan fingerprint density at radius 2 is 2.38 bits per heavy atom. The third kappa shape index (κ3) is 1.84. The lowest BCUT2D eigenvalue weighted by molar-refractivity contribution is -0.0218. The maximum absolute atomic E-state index is 9.18. The van der Waals surface area contributed by atoms with Crippen molar-refractivity contribution < 1.29 is 9.84 Å². The molecule has 86 valence electrons. The summed E-state index contributed by atoms with van der Waals surface area (Å²) in [5, 5.41) is 9.18. The lowest BCUT2D eigenvalue weighted by Gasteiger charge is -2.22. The van der Waals surface area contributed by atoms with Crippen LogP contribution in [0.3, 0.4) is 0 Å². The van der Waals surface area contributed by atoms with E-state index in [-0.39, 0.29) is 18.9 Å². The smallest absolute Gasteiger partial charge is 0.139 e. The van der Waals surface area contributed by atoms with Gasteiger partial charge in [-0.15, -0.1) is 0 Å². The summed E-state index contributed by atoms with van der Waals surface area (Å²) in [7, 11) is 0. The molecule has 1 saturated heterocycles. The first-order chi connectivity index (χ1) is 7.88. The Labute approximate surface area is 94.9 Å². The quantitative estimate of drug-likeness (QED) is 0.823. The molecule has 1 aromatic rings. The summed E-state index contributed by atoms with van der Waals surface area (Å²) in [6.45, 7) is 0.931. The van der Waals surface area contributed by atoms with Crippen LogP contribution in [0, 0.1) is 0 Å². The molecule has 0 spiro atoms. The molecule has 4 nitrogen and oxygen atoms in total. The molecule has 1 aliphatic heterocycles. The van der Waals surface area contributed by atoms with Crippen LogP contribution in [0.5, 0.6) is 0 Å². The van der Waals surface area contributed by atoms with Gasteiger partial charge in [-0.05, 0) is 18.9 Å². The summed E-state index contributed by atoms with van der Waals surface area (Å²) in [6, 6.07) is 4.60. The Morgan fingerprint density at radius 3 is 3.00 bits per heavy atom. The van der Waals surface area contributed by atoms with Crippen LogP contribution in [-0.4, -0.2) is 40.3 Å². The van der Waals surface area contributed by atoms with Gasteiger partial charge >= 0.3 is 0 Å². The molecule has 0 radical (unpaired) electrons. The minimum Gasteiger partial charge on any atom is -0.394 e. The summed E-state index contributed by atoms with van der Waals surface area (Å²) < 4.78 is 5.85. The number of rotatable bonds is 3. The second-order valence-electron chi connectivity index (χ2n) is 4.51. The van der Waals surface area contributed by atoms with Crippen molar-refractivity contribution in [3.63, 3.8) is 0 Å². The summed E-state index contributed by atoms with van der Waals surface area (Å²) >= 11 is 0. The van der Waals surface area contributed by atoms with Gasteiger partial charge in [-0.3, -0.25) is 9.88 Å². The number of ether oxygens (including phenoxy) is 1. The molecule has 0 aromatic carbocycles. The molecular weight excluding hydrogens is 204 g/mol. The van der Waals surface area contributed by atoms with Gasteiger partial charge in [-0.25, -0.2) is 0 Å². The molecule has 1 aliphatic carbocycles. The zero-order valence-corrected chi connectivity index (χ0v) is 9.12. The minimum atomic E-state index is -0.0502. The molecule has 2 atom stereocenters. The molecule has 16 heavy (non-hydrogen) atoms. The van der Waals surface area contributed by atoms with E-state index < -0.39 is 0 Å². The first kappa shape index (κ1) is 10.2. The van der Waals surface area contributed by atoms with Crippen molar-refractivity contribution in [3.05, 3.63) is 30.1 Å². The molecule has 2 heterocycles. The molecule has 1 N–H and O–H groups in total. The number of aromatic nitrogens is 1. The Morgan fingerprint density at radius 1 is 1.50 bits per heavy atom. The first-order valence-electron chi connectivity index (χ1n) is 5.80. The highest BCUT2D eigenvalue weighted by atomic mass is 16.5. The zero-order chi connectivity index (χ0) is 11.0. The second kappa shape index (κ2) is 4.13. The highest BCUT2D eigenvalue weighted by molar-refractivity contribution is 5.14. The normalized spacial score (nSPS) is 30.8. The highest BCUT2D eigenvalue weighted by Crippen LogP contribution is 2.39. The van der Waals surface area contributed by atoms with Crippen molar-refractivity contribution >= 4 is 0 Å². The molecule has 2 aliphatic rings. The standard InChI is InChI=1S/C12H16N2O2/c15-8-11-7-14(10-3-4-10)12(16-11)9-2-1-5-13-6-9/h1-2,5-6,10-12,15H,3-4,7-8H2. The van der Waals surface area contributed by atoms with Crippen molar-refractivity contribution in [3.8, 4) is 0 Å².